The van der Waals surface area contributed by atoms with Crippen molar-refractivity contribution in [2.45, 2.75) is 6.92 Å². The molecule has 0 aliphatic rings. The first-order valence-corrected chi connectivity index (χ1v) is 7.79. The minimum absolute atomic E-state index is 0.513. The highest BCUT2D eigenvalue weighted by Gasteiger charge is 2.13. The van der Waals surface area contributed by atoms with Crippen LogP contribution in [0.15, 0.2) is 55.0 Å². The molecule has 0 spiro atoms. The van der Waals surface area contributed by atoms with Crippen LogP contribution in [0.2, 0.25) is 0 Å². The van der Waals surface area contributed by atoms with E-state index in [1.807, 2.05) is 48.0 Å². The Morgan fingerprint density at radius 3 is 2.68 bits per heavy atom. The number of anilines is 2. The molecular formula is C18H16N6O. The number of nitrogens with one attached hydrogen (secondary N) is 1. The van der Waals surface area contributed by atoms with Crippen molar-refractivity contribution in [3.63, 3.8) is 0 Å². The standard InChI is InChI=1S/C18H16N6O/c1-12-8-11-24-16(12)18(20-13-6-9-19-10-7-13)22-17(23-24)14-4-3-5-15(21-14)25-2/h3-11H,1-2H3,(H,19,20,22,23). The van der Waals surface area contributed by atoms with Crippen LogP contribution in [0, 0.1) is 6.92 Å². The van der Waals surface area contributed by atoms with E-state index in [-0.39, 0.29) is 0 Å². The largest absolute Gasteiger partial charge is 0.481 e. The Morgan fingerprint density at radius 1 is 1.04 bits per heavy atom. The van der Waals surface area contributed by atoms with E-state index in [4.69, 9.17) is 9.72 Å². The SMILES string of the molecule is COc1cccc(-c2nc(Nc3ccncc3)c3c(C)ccn3n2)n1. The quantitative estimate of drug-likeness (QED) is 0.618. The van der Waals surface area contributed by atoms with Crippen LogP contribution in [0.25, 0.3) is 17.0 Å². The van der Waals surface area contributed by atoms with Gasteiger partial charge in [-0.25, -0.2) is 14.5 Å². The van der Waals surface area contributed by atoms with Crippen molar-refractivity contribution in [1.29, 1.82) is 0 Å². The highest BCUT2D eigenvalue weighted by Crippen LogP contribution is 2.25. The molecule has 0 radical (unpaired) electrons. The molecule has 4 heterocycles. The van der Waals surface area contributed by atoms with Crippen molar-refractivity contribution in [3.05, 3.63) is 60.6 Å². The summed E-state index contributed by atoms with van der Waals surface area (Å²) in [6, 6.07) is 11.3. The molecule has 0 atom stereocenters. The van der Waals surface area contributed by atoms with Crippen LogP contribution in [0.3, 0.4) is 0 Å². The lowest BCUT2D eigenvalue weighted by atomic mass is 10.3. The molecule has 0 saturated carbocycles. The average molecular weight is 332 g/mol. The minimum Gasteiger partial charge on any atom is -0.481 e. The number of methoxy groups -OCH3 is 1. The van der Waals surface area contributed by atoms with E-state index in [2.05, 4.69) is 20.4 Å². The maximum Gasteiger partial charge on any atom is 0.213 e. The summed E-state index contributed by atoms with van der Waals surface area (Å²) in [5.74, 6) is 1.75. The molecule has 0 bridgehead atoms. The molecule has 0 aromatic carbocycles. The van der Waals surface area contributed by atoms with Gasteiger partial charge in [0.05, 0.1) is 7.11 Å². The summed E-state index contributed by atoms with van der Waals surface area (Å²) in [6.07, 6.45) is 5.38. The van der Waals surface area contributed by atoms with Crippen molar-refractivity contribution in [2.75, 3.05) is 12.4 Å². The minimum atomic E-state index is 0.513. The van der Waals surface area contributed by atoms with Crippen molar-refractivity contribution in [1.82, 2.24) is 24.6 Å². The predicted octanol–water partition coefficient (Wildman–Crippen LogP) is 3.25. The summed E-state index contributed by atoms with van der Waals surface area (Å²) in [4.78, 5) is 13.2. The Hall–Kier alpha value is -3.48. The molecule has 4 aromatic rings. The topological polar surface area (TPSA) is 77.2 Å². The van der Waals surface area contributed by atoms with Gasteiger partial charge in [-0.1, -0.05) is 6.07 Å². The highest BCUT2D eigenvalue weighted by atomic mass is 16.5. The fraction of sp³-hybridized carbons (Fsp3) is 0.111. The van der Waals surface area contributed by atoms with E-state index in [1.165, 1.54) is 0 Å². The number of rotatable bonds is 4. The normalized spacial score (nSPS) is 10.8. The second-order valence-electron chi connectivity index (χ2n) is 5.50. The molecule has 0 aliphatic carbocycles. The first-order valence-electron chi connectivity index (χ1n) is 7.79. The van der Waals surface area contributed by atoms with Gasteiger partial charge in [0.15, 0.2) is 5.82 Å². The molecule has 0 aliphatic heterocycles. The molecule has 0 fully saturated rings. The number of aromatic nitrogens is 5. The van der Waals surface area contributed by atoms with Crippen LogP contribution in [0.1, 0.15) is 5.56 Å². The number of aryl methyl sites for hydroxylation is 1. The van der Waals surface area contributed by atoms with E-state index in [0.717, 1.165) is 16.8 Å². The van der Waals surface area contributed by atoms with E-state index in [9.17, 15) is 0 Å². The lowest BCUT2D eigenvalue weighted by Crippen LogP contribution is -2.05. The van der Waals surface area contributed by atoms with Crippen LogP contribution >= 0.6 is 0 Å². The van der Waals surface area contributed by atoms with Gasteiger partial charge in [0.25, 0.3) is 0 Å². The lowest BCUT2D eigenvalue weighted by Gasteiger charge is -2.10. The van der Waals surface area contributed by atoms with Crippen LogP contribution < -0.4 is 10.1 Å². The molecule has 7 heteroatoms. The molecule has 4 rings (SSSR count). The lowest BCUT2D eigenvalue weighted by molar-refractivity contribution is 0.398. The van der Waals surface area contributed by atoms with Crippen molar-refractivity contribution in [2.24, 2.45) is 0 Å². The number of ether oxygens (including phenoxy) is 1. The molecular weight excluding hydrogens is 316 g/mol. The molecule has 4 aromatic heterocycles. The van der Waals surface area contributed by atoms with E-state index in [1.54, 1.807) is 25.6 Å². The Balaban J connectivity index is 1.86. The average Bonchev–Trinajstić information content (AvgIpc) is 3.04. The highest BCUT2D eigenvalue weighted by molar-refractivity contribution is 5.77. The molecule has 1 N–H and O–H groups in total. The van der Waals surface area contributed by atoms with Gasteiger partial charge >= 0.3 is 0 Å². The number of fused-ring (bicyclic) bond motifs is 1. The van der Waals surface area contributed by atoms with Gasteiger partial charge in [0, 0.05) is 30.3 Å². The van der Waals surface area contributed by atoms with Crippen molar-refractivity contribution in [3.8, 4) is 17.4 Å². The van der Waals surface area contributed by atoms with Crippen LogP contribution in [0.5, 0.6) is 5.88 Å². The molecule has 25 heavy (non-hydrogen) atoms. The summed E-state index contributed by atoms with van der Waals surface area (Å²) < 4.78 is 7.01. The molecule has 0 amide bonds. The van der Waals surface area contributed by atoms with Gasteiger partial charge in [0.1, 0.15) is 11.2 Å². The smallest absolute Gasteiger partial charge is 0.213 e. The van der Waals surface area contributed by atoms with E-state index in [0.29, 0.717) is 23.2 Å². The van der Waals surface area contributed by atoms with E-state index < -0.39 is 0 Å². The van der Waals surface area contributed by atoms with E-state index >= 15 is 0 Å². The van der Waals surface area contributed by atoms with Gasteiger partial charge in [-0.05, 0) is 36.8 Å². The van der Waals surface area contributed by atoms with Gasteiger partial charge < -0.3 is 10.1 Å². The first-order chi connectivity index (χ1) is 12.2. The number of hydrogen-bond acceptors (Lipinski definition) is 6. The second kappa shape index (κ2) is 6.20. The Labute approximate surface area is 144 Å². The van der Waals surface area contributed by atoms with Crippen molar-refractivity contribution < 1.29 is 4.74 Å². The third-order valence-electron chi connectivity index (χ3n) is 3.82. The summed E-state index contributed by atoms with van der Waals surface area (Å²) in [5, 5.41) is 7.92. The third-order valence-corrected chi connectivity index (χ3v) is 3.82. The summed E-state index contributed by atoms with van der Waals surface area (Å²) in [6.45, 7) is 2.03. The molecule has 0 unspecified atom stereocenters. The molecule has 7 nitrogen and oxygen atoms in total. The van der Waals surface area contributed by atoms with Gasteiger partial charge in [0.2, 0.25) is 11.7 Å². The van der Waals surface area contributed by atoms with Gasteiger partial charge in [-0.3, -0.25) is 4.98 Å². The summed E-state index contributed by atoms with van der Waals surface area (Å²) >= 11 is 0. The molecule has 124 valence electrons. The van der Waals surface area contributed by atoms with Crippen LogP contribution in [-0.2, 0) is 0 Å². The number of hydrogen-bond donors (Lipinski definition) is 1. The second-order valence-corrected chi connectivity index (χ2v) is 5.50. The van der Waals surface area contributed by atoms with Crippen LogP contribution in [-0.4, -0.2) is 31.7 Å². The zero-order valence-corrected chi connectivity index (χ0v) is 13.8. The maximum atomic E-state index is 5.20. The van der Waals surface area contributed by atoms with Gasteiger partial charge in [-0.15, -0.1) is 5.10 Å². The maximum absolute atomic E-state index is 5.20. The molecule has 0 saturated heterocycles. The Bertz CT molecular complexity index is 1030. The Kier molecular flexibility index (Phi) is 3.74. The van der Waals surface area contributed by atoms with Crippen molar-refractivity contribution >= 4 is 17.0 Å². The predicted molar refractivity (Wildman–Crippen MR) is 95.0 cm³/mol. The fourth-order valence-corrected chi connectivity index (χ4v) is 2.60. The summed E-state index contributed by atoms with van der Waals surface area (Å²) in [5.41, 5.74) is 3.55. The number of nitrogens with zero attached hydrogens (tertiary/aromatic N) is 5. The zero-order valence-electron chi connectivity index (χ0n) is 13.8. The fourth-order valence-electron chi connectivity index (χ4n) is 2.60. The Morgan fingerprint density at radius 2 is 1.88 bits per heavy atom. The number of pyridine rings is 2. The van der Waals surface area contributed by atoms with Gasteiger partial charge in [-0.2, -0.15) is 0 Å². The third kappa shape index (κ3) is 2.87. The summed E-state index contributed by atoms with van der Waals surface area (Å²) in [7, 11) is 1.59. The monoisotopic (exact) mass is 332 g/mol. The first kappa shape index (κ1) is 15.1. The van der Waals surface area contributed by atoms with Crippen LogP contribution in [0.4, 0.5) is 11.5 Å². The zero-order chi connectivity index (χ0) is 17.2.